The summed E-state index contributed by atoms with van der Waals surface area (Å²) in [5.41, 5.74) is 0. The smallest absolute Gasteiger partial charge is 0.241 e. The Balaban J connectivity index is 0.00000529. The molecule has 0 aliphatic carbocycles. The Bertz CT molecular complexity index is 434. The molecule has 1 fully saturated rings. The highest BCUT2D eigenvalue weighted by molar-refractivity contribution is 14.0. The summed E-state index contributed by atoms with van der Waals surface area (Å²) in [5, 5.41) is 5.99. The zero-order valence-electron chi connectivity index (χ0n) is 15.3. The molecule has 0 unspecified atom stereocenters. The number of nitrogens with one attached hydrogen (secondary N) is 2. The molecule has 0 saturated carbocycles. The van der Waals surface area contributed by atoms with Crippen molar-refractivity contribution in [2.75, 3.05) is 60.4 Å². The van der Waals surface area contributed by atoms with Crippen molar-refractivity contribution in [1.82, 2.24) is 25.3 Å². The quantitative estimate of drug-likeness (QED) is 0.330. The van der Waals surface area contributed by atoms with E-state index in [1.54, 1.807) is 26.0 Å². The molecule has 24 heavy (non-hydrogen) atoms. The van der Waals surface area contributed by atoms with Crippen molar-refractivity contribution < 1.29 is 9.59 Å². The summed E-state index contributed by atoms with van der Waals surface area (Å²) in [6.45, 7) is 7.74. The van der Waals surface area contributed by atoms with Crippen molar-refractivity contribution in [2.24, 2.45) is 4.99 Å². The van der Waals surface area contributed by atoms with E-state index in [0.29, 0.717) is 6.54 Å². The molecule has 0 atom stereocenters. The second-order valence-corrected chi connectivity index (χ2v) is 6.17. The van der Waals surface area contributed by atoms with Gasteiger partial charge in [0.15, 0.2) is 5.96 Å². The van der Waals surface area contributed by atoms with Crippen LogP contribution in [0.5, 0.6) is 0 Å². The maximum Gasteiger partial charge on any atom is 0.241 e. The Labute approximate surface area is 162 Å². The van der Waals surface area contributed by atoms with Crippen molar-refractivity contribution in [3.05, 3.63) is 0 Å². The minimum atomic E-state index is 0. The molecule has 1 aliphatic heterocycles. The van der Waals surface area contributed by atoms with Gasteiger partial charge < -0.3 is 20.4 Å². The Kier molecular flexibility index (Phi) is 10.9. The van der Waals surface area contributed by atoms with Gasteiger partial charge in [-0.3, -0.25) is 19.5 Å². The molecule has 1 aliphatic rings. The predicted octanol–water partition coefficient (Wildman–Crippen LogP) is -0.590. The van der Waals surface area contributed by atoms with E-state index >= 15 is 0 Å². The molecular weight excluding hydrogens is 423 g/mol. The van der Waals surface area contributed by atoms with Crippen LogP contribution in [0.2, 0.25) is 0 Å². The lowest BCUT2D eigenvalue weighted by molar-refractivity contribution is -0.127. The number of likely N-dealkylation sites (N-methyl/N-ethyl adjacent to an activating group) is 1. The molecule has 1 saturated heterocycles. The van der Waals surface area contributed by atoms with Gasteiger partial charge in [-0.1, -0.05) is 0 Å². The zero-order valence-corrected chi connectivity index (χ0v) is 17.7. The van der Waals surface area contributed by atoms with Gasteiger partial charge >= 0.3 is 0 Å². The molecule has 0 aromatic carbocycles. The minimum Gasteiger partial charge on any atom is -0.353 e. The molecule has 1 heterocycles. The van der Waals surface area contributed by atoms with Crippen molar-refractivity contribution in [1.29, 1.82) is 0 Å². The van der Waals surface area contributed by atoms with Crippen LogP contribution in [0.3, 0.4) is 0 Å². The number of rotatable bonds is 5. The van der Waals surface area contributed by atoms with Gasteiger partial charge in [-0.25, -0.2) is 0 Å². The summed E-state index contributed by atoms with van der Waals surface area (Å²) < 4.78 is 0. The van der Waals surface area contributed by atoms with E-state index in [-0.39, 0.29) is 48.4 Å². The van der Waals surface area contributed by atoms with Gasteiger partial charge in [0.2, 0.25) is 11.8 Å². The molecule has 0 spiro atoms. The van der Waals surface area contributed by atoms with E-state index in [0.717, 1.165) is 32.1 Å². The van der Waals surface area contributed by atoms with Gasteiger partial charge in [-0.15, -0.1) is 24.0 Å². The van der Waals surface area contributed by atoms with Crippen molar-refractivity contribution >= 4 is 41.8 Å². The minimum absolute atomic E-state index is 0. The highest BCUT2D eigenvalue weighted by Crippen LogP contribution is 2.02. The van der Waals surface area contributed by atoms with Crippen molar-refractivity contribution in [2.45, 2.75) is 19.9 Å². The number of halogens is 1. The van der Waals surface area contributed by atoms with Gasteiger partial charge in [0.1, 0.15) is 0 Å². The first-order valence-electron chi connectivity index (χ1n) is 8.01. The SMILES string of the molecule is CN=C(NCC(=O)N(C)C)N1CCN(CC(=O)NC(C)C)CC1.I. The van der Waals surface area contributed by atoms with Gasteiger partial charge in [-0.2, -0.15) is 0 Å². The number of hydrogen-bond donors (Lipinski definition) is 2. The summed E-state index contributed by atoms with van der Waals surface area (Å²) in [4.78, 5) is 33.5. The van der Waals surface area contributed by atoms with Gasteiger partial charge in [0, 0.05) is 53.4 Å². The van der Waals surface area contributed by atoms with Crippen LogP contribution in [0.4, 0.5) is 0 Å². The second-order valence-electron chi connectivity index (χ2n) is 6.17. The summed E-state index contributed by atoms with van der Waals surface area (Å²) in [7, 11) is 5.17. The van der Waals surface area contributed by atoms with Crippen LogP contribution in [0.25, 0.3) is 0 Å². The highest BCUT2D eigenvalue weighted by Gasteiger charge is 2.21. The van der Waals surface area contributed by atoms with Crippen LogP contribution < -0.4 is 10.6 Å². The lowest BCUT2D eigenvalue weighted by Gasteiger charge is -2.36. The predicted molar refractivity (Wildman–Crippen MR) is 107 cm³/mol. The maximum absolute atomic E-state index is 11.8. The number of aliphatic imine (C=N–C) groups is 1. The average Bonchev–Trinajstić information content (AvgIpc) is 2.48. The highest BCUT2D eigenvalue weighted by atomic mass is 127. The van der Waals surface area contributed by atoms with E-state index in [1.807, 2.05) is 13.8 Å². The molecular formula is C15H31IN6O2. The molecule has 8 nitrogen and oxygen atoms in total. The summed E-state index contributed by atoms with van der Waals surface area (Å²) in [6, 6.07) is 0.168. The van der Waals surface area contributed by atoms with Crippen LogP contribution in [0, 0.1) is 0 Å². The molecule has 0 bridgehead atoms. The van der Waals surface area contributed by atoms with Crippen LogP contribution in [0.1, 0.15) is 13.8 Å². The summed E-state index contributed by atoms with van der Waals surface area (Å²) in [6.07, 6.45) is 0. The van der Waals surface area contributed by atoms with Crippen LogP contribution in [-0.4, -0.2) is 98.9 Å². The number of amides is 2. The standard InChI is InChI=1S/C15H30N6O2.HI/c1-12(2)18-13(22)11-20-6-8-21(9-7-20)15(16-3)17-10-14(23)19(4)5;/h12H,6-11H2,1-5H3,(H,16,17)(H,18,22);1H. The third kappa shape index (κ3) is 8.13. The average molecular weight is 454 g/mol. The number of hydrogen-bond acceptors (Lipinski definition) is 4. The Hall–Kier alpha value is -1.10. The monoisotopic (exact) mass is 454 g/mol. The fourth-order valence-corrected chi connectivity index (χ4v) is 2.33. The lowest BCUT2D eigenvalue weighted by atomic mass is 10.3. The Morgan fingerprint density at radius 2 is 1.75 bits per heavy atom. The number of carbonyl (C=O) groups is 2. The second kappa shape index (κ2) is 11.5. The number of piperazine rings is 1. The summed E-state index contributed by atoms with van der Waals surface area (Å²) >= 11 is 0. The van der Waals surface area contributed by atoms with Gasteiger partial charge in [-0.05, 0) is 13.8 Å². The van der Waals surface area contributed by atoms with Gasteiger partial charge in [0.25, 0.3) is 0 Å². The fourth-order valence-electron chi connectivity index (χ4n) is 2.33. The summed E-state index contributed by atoms with van der Waals surface area (Å²) in [5.74, 6) is 0.800. The van der Waals surface area contributed by atoms with E-state index in [4.69, 9.17) is 0 Å². The fraction of sp³-hybridized carbons (Fsp3) is 0.800. The van der Waals surface area contributed by atoms with E-state index in [9.17, 15) is 9.59 Å². The third-order valence-electron chi connectivity index (χ3n) is 3.60. The molecule has 1 rings (SSSR count). The molecule has 0 aromatic rings. The van der Waals surface area contributed by atoms with Crippen molar-refractivity contribution in [3.63, 3.8) is 0 Å². The van der Waals surface area contributed by atoms with E-state index in [1.165, 1.54) is 0 Å². The molecule has 9 heteroatoms. The van der Waals surface area contributed by atoms with Crippen LogP contribution in [0.15, 0.2) is 4.99 Å². The number of guanidine groups is 1. The first kappa shape index (κ1) is 22.9. The topological polar surface area (TPSA) is 80.3 Å². The molecule has 2 N–H and O–H groups in total. The van der Waals surface area contributed by atoms with Gasteiger partial charge in [0.05, 0.1) is 13.1 Å². The number of carbonyl (C=O) groups excluding carboxylic acids is 2. The first-order chi connectivity index (χ1) is 10.8. The zero-order chi connectivity index (χ0) is 17.4. The number of nitrogens with zero attached hydrogens (tertiary/aromatic N) is 4. The molecule has 0 radical (unpaired) electrons. The Morgan fingerprint density at radius 1 is 1.17 bits per heavy atom. The maximum atomic E-state index is 11.8. The Morgan fingerprint density at radius 3 is 2.21 bits per heavy atom. The van der Waals surface area contributed by atoms with Crippen LogP contribution >= 0.6 is 24.0 Å². The van der Waals surface area contributed by atoms with Crippen LogP contribution in [-0.2, 0) is 9.59 Å². The normalized spacial score (nSPS) is 15.8. The lowest BCUT2D eigenvalue weighted by Crippen LogP contribution is -2.55. The molecule has 140 valence electrons. The van der Waals surface area contributed by atoms with E-state index < -0.39 is 0 Å². The molecule has 2 amide bonds. The first-order valence-corrected chi connectivity index (χ1v) is 8.01. The largest absolute Gasteiger partial charge is 0.353 e. The molecule has 0 aromatic heterocycles. The van der Waals surface area contributed by atoms with E-state index in [2.05, 4.69) is 25.4 Å². The third-order valence-corrected chi connectivity index (χ3v) is 3.60. The van der Waals surface area contributed by atoms with Crippen molar-refractivity contribution in [3.8, 4) is 0 Å².